The van der Waals surface area contributed by atoms with Gasteiger partial charge in [-0.25, -0.2) is 0 Å². The molecule has 6 nitrogen and oxygen atoms in total. The fourth-order valence-electron chi connectivity index (χ4n) is 3.45. The summed E-state index contributed by atoms with van der Waals surface area (Å²) in [6.45, 7) is 0.446. The second-order valence-corrected chi connectivity index (χ2v) is 6.14. The van der Waals surface area contributed by atoms with Gasteiger partial charge in [-0.05, 0) is 47.4 Å². The molecule has 1 heterocycles. The maximum atomic E-state index is 10.6. The Hall–Kier alpha value is -2.75. The van der Waals surface area contributed by atoms with Crippen molar-refractivity contribution in [1.29, 1.82) is 5.26 Å². The Labute approximate surface area is 153 Å². The molecule has 0 radical (unpaired) electrons. The molecule has 136 valence electrons. The van der Waals surface area contributed by atoms with Gasteiger partial charge in [0, 0.05) is 6.54 Å². The number of nitrogens with zero attached hydrogens (tertiary/aromatic N) is 2. The molecule has 0 bridgehead atoms. The molecule has 2 aromatic carbocycles. The number of ether oxygens (including phenoxy) is 3. The Morgan fingerprint density at radius 3 is 2.31 bits per heavy atom. The molecular weight excluding hydrogens is 332 g/mol. The van der Waals surface area contributed by atoms with Crippen LogP contribution in [0.2, 0.25) is 0 Å². The molecule has 0 aromatic heterocycles. The highest BCUT2D eigenvalue weighted by molar-refractivity contribution is 5.51. The molecule has 26 heavy (non-hydrogen) atoms. The third-order valence-corrected chi connectivity index (χ3v) is 4.83. The lowest BCUT2D eigenvalue weighted by molar-refractivity contribution is -0.136. The van der Waals surface area contributed by atoms with E-state index in [0.717, 1.165) is 22.4 Å². The first-order valence-corrected chi connectivity index (χ1v) is 8.36. The molecule has 0 fully saturated rings. The number of benzene rings is 2. The van der Waals surface area contributed by atoms with E-state index in [9.17, 15) is 10.5 Å². The molecule has 0 spiro atoms. The third kappa shape index (κ3) is 3.19. The maximum Gasteiger partial charge on any atom is 0.161 e. The lowest BCUT2D eigenvalue weighted by atomic mass is 9.82. The van der Waals surface area contributed by atoms with Gasteiger partial charge in [-0.1, -0.05) is 12.1 Å². The molecule has 2 atom stereocenters. The van der Waals surface area contributed by atoms with Crippen LogP contribution in [-0.2, 0) is 6.42 Å². The number of hydroxylamine groups is 2. The van der Waals surface area contributed by atoms with Gasteiger partial charge >= 0.3 is 0 Å². The van der Waals surface area contributed by atoms with Crippen molar-refractivity contribution in [3.8, 4) is 23.3 Å². The summed E-state index contributed by atoms with van der Waals surface area (Å²) in [7, 11) is 4.77. The van der Waals surface area contributed by atoms with E-state index in [1.165, 1.54) is 5.06 Å². The Kier molecular flexibility index (Phi) is 5.31. The first kappa shape index (κ1) is 18.1. The zero-order chi connectivity index (χ0) is 18.7. The SMILES string of the molecule is COc1ccc(C(C#N)C2c3cc(OC)c(OC)cc3CCN2O)cc1. The molecule has 3 rings (SSSR count). The second kappa shape index (κ2) is 7.65. The Balaban J connectivity index is 2.07. The van der Waals surface area contributed by atoms with Crippen molar-refractivity contribution in [2.24, 2.45) is 0 Å². The Morgan fingerprint density at radius 2 is 1.73 bits per heavy atom. The topological polar surface area (TPSA) is 75.0 Å². The van der Waals surface area contributed by atoms with E-state index in [4.69, 9.17) is 14.2 Å². The number of nitriles is 1. The quantitative estimate of drug-likeness (QED) is 0.888. The molecule has 0 amide bonds. The minimum absolute atomic E-state index is 0.446. The lowest BCUT2D eigenvalue weighted by Crippen LogP contribution is -2.36. The van der Waals surface area contributed by atoms with Gasteiger partial charge in [-0.15, -0.1) is 0 Å². The number of hydrogen-bond donors (Lipinski definition) is 1. The van der Waals surface area contributed by atoms with Crippen LogP contribution in [0.15, 0.2) is 36.4 Å². The Morgan fingerprint density at radius 1 is 1.08 bits per heavy atom. The van der Waals surface area contributed by atoms with Crippen molar-refractivity contribution in [2.45, 2.75) is 18.4 Å². The fourth-order valence-corrected chi connectivity index (χ4v) is 3.45. The van der Waals surface area contributed by atoms with Crippen LogP contribution in [0.5, 0.6) is 17.2 Å². The summed E-state index contributed by atoms with van der Waals surface area (Å²) in [5.74, 6) is 1.41. The zero-order valence-electron chi connectivity index (χ0n) is 15.1. The Bertz CT molecular complexity index is 814. The molecule has 1 aliphatic rings. The summed E-state index contributed by atoms with van der Waals surface area (Å²) in [6.07, 6.45) is 0.670. The summed E-state index contributed by atoms with van der Waals surface area (Å²) in [5.41, 5.74) is 2.74. The van der Waals surface area contributed by atoms with Crippen LogP contribution in [0.4, 0.5) is 0 Å². The minimum atomic E-state index is -0.539. The highest BCUT2D eigenvalue weighted by Crippen LogP contribution is 2.43. The van der Waals surface area contributed by atoms with E-state index in [0.29, 0.717) is 24.5 Å². The van der Waals surface area contributed by atoms with Gasteiger partial charge in [0.1, 0.15) is 5.75 Å². The lowest BCUT2D eigenvalue weighted by Gasteiger charge is -2.36. The molecule has 6 heteroatoms. The molecule has 1 N–H and O–H groups in total. The number of hydrogen-bond acceptors (Lipinski definition) is 6. The van der Waals surface area contributed by atoms with Gasteiger partial charge in [0.05, 0.1) is 39.4 Å². The monoisotopic (exact) mass is 354 g/mol. The average molecular weight is 354 g/mol. The molecule has 2 aromatic rings. The number of fused-ring (bicyclic) bond motifs is 1. The van der Waals surface area contributed by atoms with E-state index < -0.39 is 12.0 Å². The van der Waals surface area contributed by atoms with Crippen LogP contribution < -0.4 is 14.2 Å². The molecule has 0 saturated carbocycles. The third-order valence-electron chi connectivity index (χ3n) is 4.83. The normalized spacial score (nSPS) is 17.7. The standard InChI is InChI=1S/C20H22N2O4/c1-24-15-6-4-13(5-7-15)17(12-21)20-16-11-19(26-3)18(25-2)10-14(16)8-9-22(20)23/h4-7,10-11,17,20,23H,8-9H2,1-3H3. The number of methoxy groups -OCH3 is 3. The van der Waals surface area contributed by atoms with Crippen molar-refractivity contribution in [3.05, 3.63) is 53.1 Å². The van der Waals surface area contributed by atoms with E-state index in [1.807, 2.05) is 36.4 Å². The van der Waals surface area contributed by atoms with Gasteiger partial charge in [0.15, 0.2) is 11.5 Å². The second-order valence-electron chi connectivity index (χ2n) is 6.14. The highest BCUT2D eigenvalue weighted by Gasteiger charge is 2.35. The van der Waals surface area contributed by atoms with E-state index >= 15 is 0 Å². The summed E-state index contributed by atoms with van der Waals surface area (Å²) < 4.78 is 16.0. The van der Waals surface area contributed by atoms with Crippen LogP contribution in [0.25, 0.3) is 0 Å². The summed E-state index contributed by atoms with van der Waals surface area (Å²) in [4.78, 5) is 0. The minimum Gasteiger partial charge on any atom is -0.497 e. The first-order valence-electron chi connectivity index (χ1n) is 8.36. The predicted molar refractivity (Wildman–Crippen MR) is 95.8 cm³/mol. The molecule has 1 aliphatic heterocycles. The largest absolute Gasteiger partial charge is 0.497 e. The maximum absolute atomic E-state index is 10.6. The van der Waals surface area contributed by atoms with E-state index in [2.05, 4.69) is 6.07 Å². The number of rotatable bonds is 5. The van der Waals surface area contributed by atoms with Crippen molar-refractivity contribution < 1.29 is 19.4 Å². The van der Waals surface area contributed by atoms with Crippen molar-refractivity contribution in [2.75, 3.05) is 27.9 Å². The van der Waals surface area contributed by atoms with Crippen LogP contribution >= 0.6 is 0 Å². The van der Waals surface area contributed by atoms with Crippen LogP contribution in [-0.4, -0.2) is 38.1 Å². The summed E-state index contributed by atoms with van der Waals surface area (Å²) >= 11 is 0. The summed E-state index contributed by atoms with van der Waals surface area (Å²) in [5, 5.41) is 21.7. The fraction of sp³-hybridized carbons (Fsp3) is 0.350. The van der Waals surface area contributed by atoms with Crippen LogP contribution in [0.3, 0.4) is 0 Å². The van der Waals surface area contributed by atoms with E-state index in [1.54, 1.807) is 21.3 Å². The van der Waals surface area contributed by atoms with Gasteiger partial charge in [0.2, 0.25) is 0 Å². The van der Waals surface area contributed by atoms with Gasteiger partial charge in [-0.2, -0.15) is 10.3 Å². The smallest absolute Gasteiger partial charge is 0.161 e. The molecule has 0 aliphatic carbocycles. The average Bonchev–Trinajstić information content (AvgIpc) is 2.69. The van der Waals surface area contributed by atoms with Gasteiger partial charge < -0.3 is 19.4 Å². The first-order chi connectivity index (χ1) is 12.6. The van der Waals surface area contributed by atoms with Crippen molar-refractivity contribution in [1.82, 2.24) is 5.06 Å². The van der Waals surface area contributed by atoms with Crippen LogP contribution in [0, 0.1) is 11.3 Å². The zero-order valence-corrected chi connectivity index (χ0v) is 15.1. The highest BCUT2D eigenvalue weighted by atomic mass is 16.5. The molecule has 2 unspecified atom stereocenters. The van der Waals surface area contributed by atoms with Gasteiger partial charge in [-0.3, -0.25) is 0 Å². The van der Waals surface area contributed by atoms with Crippen molar-refractivity contribution >= 4 is 0 Å². The van der Waals surface area contributed by atoms with Crippen LogP contribution in [0.1, 0.15) is 28.7 Å². The molecular formula is C20H22N2O4. The summed E-state index contributed by atoms with van der Waals surface area (Å²) in [6, 6.07) is 13.0. The molecule has 0 saturated heterocycles. The predicted octanol–water partition coefficient (Wildman–Crippen LogP) is 3.31. The van der Waals surface area contributed by atoms with Gasteiger partial charge in [0.25, 0.3) is 0 Å². The van der Waals surface area contributed by atoms with E-state index in [-0.39, 0.29) is 0 Å². The van der Waals surface area contributed by atoms with Crippen molar-refractivity contribution in [3.63, 3.8) is 0 Å².